The average Bonchev–Trinajstić information content (AvgIpc) is 2.41. The van der Waals surface area contributed by atoms with E-state index in [0.717, 1.165) is 44.6 Å². The minimum absolute atomic E-state index is 0.176. The van der Waals surface area contributed by atoms with Gasteiger partial charge in [-0.2, -0.15) is 0 Å². The van der Waals surface area contributed by atoms with Crippen LogP contribution in [0.2, 0.25) is 10.0 Å². The van der Waals surface area contributed by atoms with E-state index in [0.29, 0.717) is 21.9 Å². The van der Waals surface area contributed by atoms with E-state index in [-0.39, 0.29) is 6.61 Å². The summed E-state index contributed by atoms with van der Waals surface area (Å²) in [5, 5.41) is 13.5. The van der Waals surface area contributed by atoms with Gasteiger partial charge < -0.3 is 15.3 Å². The number of hydrogen-bond acceptors (Lipinski definition) is 4. The van der Waals surface area contributed by atoms with Gasteiger partial charge in [0.2, 0.25) is 0 Å². The number of rotatable bonds is 8. The lowest BCUT2D eigenvalue weighted by Crippen LogP contribution is -2.42. The second-order valence-corrected chi connectivity index (χ2v) is 6.22. The van der Waals surface area contributed by atoms with E-state index < -0.39 is 0 Å². The highest BCUT2D eigenvalue weighted by molar-refractivity contribution is 6.37. The molecule has 0 atom stereocenters. The van der Waals surface area contributed by atoms with Gasteiger partial charge >= 0.3 is 0 Å². The van der Waals surface area contributed by atoms with Gasteiger partial charge in [0, 0.05) is 25.7 Å². The van der Waals surface area contributed by atoms with Gasteiger partial charge in [-0.15, -0.1) is 0 Å². The van der Waals surface area contributed by atoms with Crippen LogP contribution in [-0.2, 0) is 0 Å². The first-order valence-corrected chi connectivity index (χ1v) is 8.40. The Morgan fingerprint density at radius 3 is 2.71 bits per heavy atom. The number of halogens is 2. The van der Waals surface area contributed by atoms with Crippen molar-refractivity contribution in [2.45, 2.75) is 45.1 Å². The maximum Gasteiger partial charge on any atom is 0.150 e. The molecule has 2 N–H and O–H groups in total. The summed E-state index contributed by atoms with van der Waals surface area (Å²) in [7, 11) is 0. The van der Waals surface area contributed by atoms with Crippen molar-refractivity contribution in [2.24, 2.45) is 0 Å². The predicted octanol–water partition coefficient (Wildman–Crippen LogP) is 3.95. The third kappa shape index (κ3) is 4.15. The largest absolute Gasteiger partial charge is 0.396 e. The maximum atomic E-state index is 9.11. The summed E-state index contributed by atoms with van der Waals surface area (Å²) in [6, 6.07) is 2.23. The average molecular weight is 332 g/mol. The van der Waals surface area contributed by atoms with Gasteiger partial charge in [0.15, 0.2) is 0 Å². The number of anilines is 2. The van der Waals surface area contributed by atoms with Crippen molar-refractivity contribution in [3.63, 3.8) is 0 Å². The molecule has 1 saturated carbocycles. The van der Waals surface area contributed by atoms with Gasteiger partial charge in [-0.05, 0) is 38.2 Å². The smallest absolute Gasteiger partial charge is 0.150 e. The lowest BCUT2D eigenvalue weighted by atomic mass is 9.91. The van der Waals surface area contributed by atoms with Gasteiger partial charge in [-0.3, -0.25) is 0 Å². The van der Waals surface area contributed by atoms with Crippen molar-refractivity contribution in [1.82, 2.24) is 4.98 Å². The molecule has 0 amide bonds. The Bertz CT molecular complexity index is 466. The Labute approximate surface area is 136 Å². The van der Waals surface area contributed by atoms with Crippen LogP contribution in [-0.4, -0.2) is 35.8 Å². The van der Waals surface area contributed by atoms with Crippen LogP contribution < -0.4 is 10.2 Å². The number of nitrogens with one attached hydrogen (secondary N) is 1. The molecule has 0 saturated heterocycles. The number of aliphatic hydroxyl groups excluding tert-OH is 1. The first kappa shape index (κ1) is 16.7. The molecule has 0 bridgehead atoms. The first-order chi connectivity index (χ1) is 10.2. The van der Waals surface area contributed by atoms with Crippen molar-refractivity contribution in [3.8, 4) is 0 Å². The number of nitrogens with zero attached hydrogens (tertiary/aromatic N) is 2. The van der Waals surface area contributed by atoms with Crippen LogP contribution in [0.4, 0.5) is 11.6 Å². The molecular formula is C15H23Cl2N3O. The molecule has 118 valence electrons. The van der Waals surface area contributed by atoms with E-state index >= 15 is 0 Å². The molecule has 0 spiro atoms. The topological polar surface area (TPSA) is 48.4 Å². The van der Waals surface area contributed by atoms with E-state index in [1.165, 1.54) is 6.42 Å². The highest BCUT2D eigenvalue weighted by Crippen LogP contribution is 2.36. The molecular weight excluding hydrogens is 309 g/mol. The number of aliphatic hydroxyl groups is 1. The Hall–Kier alpha value is -0.710. The molecule has 1 aromatic heterocycles. The van der Waals surface area contributed by atoms with Crippen LogP contribution in [0.25, 0.3) is 0 Å². The molecule has 1 aliphatic rings. The van der Waals surface area contributed by atoms with E-state index in [2.05, 4.69) is 22.1 Å². The maximum absolute atomic E-state index is 9.11. The Balaban J connectivity index is 2.24. The van der Waals surface area contributed by atoms with E-state index in [9.17, 15) is 0 Å². The zero-order chi connectivity index (χ0) is 15.2. The number of aromatic nitrogens is 1. The summed E-state index contributed by atoms with van der Waals surface area (Å²) in [6.45, 7) is 3.87. The summed E-state index contributed by atoms with van der Waals surface area (Å²) in [6.07, 6.45) is 5.28. The third-order valence-electron chi connectivity index (χ3n) is 3.80. The van der Waals surface area contributed by atoms with Crippen LogP contribution in [0, 0.1) is 0 Å². The van der Waals surface area contributed by atoms with Crippen LogP contribution in [0.1, 0.15) is 39.0 Å². The van der Waals surface area contributed by atoms with Crippen LogP contribution >= 0.6 is 23.2 Å². The van der Waals surface area contributed by atoms with Crippen LogP contribution in [0.15, 0.2) is 6.07 Å². The molecule has 6 heteroatoms. The SMILES string of the molecule is CCCNc1nc(N(CCCO)C2CCC2)c(Cl)cc1Cl. The molecule has 0 radical (unpaired) electrons. The minimum Gasteiger partial charge on any atom is -0.396 e. The highest BCUT2D eigenvalue weighted by atomic mass is 35.5. The number of pyridine rings is 1. The summed E-state index contributed by atoms with van der Waals surface area (Å²) in [5.74, 6) is 1.46. The molecule has 1 fully saturated rings. The molecule has 1 heterocycles. The second-order valence-electron chi connectivity index (χ2n) is 5.41. The Morgan fingerprint density at radius 2 is 2.14 bits per heavy atom. The fraction of sp³-hybridized carbons (Fsp3) is 0.667. The van der Waals surface area contributed by atoms with Crippen LogP contribution in [0.3, 0.4) is 0 Å². The molecule has 2 rings (SSSR count). The molecule has 21 heavy (non-hydrogen) atoms. The quantitative estimate of drug-likeness (QED) is 0.757. The van der Waals surface area contributed by atoms with Crippen LogP contribution in [0.5, 0.6) is 0 Å². The standard InChI is InChI=1S/C15H23Cl2N3O/c1-2-7-18-14-12(16)10-13(17)15(19-14)20(8-4-9-21)11-5-3-6-11/h10-11,21H,2-9H2,1H3,(H,18,19). The molecule has 0 aliphatic heterocycles. The fourth-order valence-electron chi connectivity index (χ4n) is 2.43. The van der Waals surface area contributed by atoms with Crippen molar-refractivity contribution in [2.75, 3.05) is 29.9 Å². The normalized spacial score (nSPS) is 14.9. The lowest BCUT2D eigenvalue weighted by molar-refractivity contribution is 0.282. The lowest BCUT2D eigenvalue weighted by Gasteiger charge is -2.39. The summed E-state index contributed by atoms with van der Waals surface area (Å²) in [5.41, 5.74) is 0. The summed E-state index contributed by atoms with van der Waals surface area (Å²) >= 11 is 12.6. The van der Waals surface area contributed by atoms with Gasteiger partial charge in [0.1, 0.15) is 11.6 Å². The van der Waals surface area contributed by atoms with Gasteiger partial charge in [0.05, 0.1) is 10.0 Å². The van der Waals surface area contributed by atoms with E-state index in [4.69, 9.17) is 28.3 Å². The van der Waals surface area contributed by atoms with Crippen molar-refractivity contribution >= 4 is 34.8 Å². The fourth-order valence-corrected chi connectivity index (χ4v) is 2.96. The molecule has 4 nitrogen and oxygen atoms in total. The highest BCUT2D eigenvalue weighted by Gasteiger charge is 2.27. The van der Waals surface area contributed by atoms with Crippen molar-refractivity contribution in [3.05, 3.63) is 16.1 Å². The van der Waals surface area contributed by atoms with Gasteiger partial charge in [0.25, 0.3) is 0 Å². The summed E-state index contributed by atoms with van der Waals surface area (Å²) in [4.78, 5) is 6.85. The van der Waals surface area contributed by atoms with E-state index in [1.54, 1.807) is 6.07 Å². The molecule has 0 aromatic carbocycles. The van der Waals surface area contributed by atoms with Crippen molar-refractivity contribution in [1.29, 1.82) is 0 Å². The summed E-state index contributed by atoms with van der Waals surface area (Å²) < 4.78 is 0. The van der Waals surface area contributed by atoms with Gasteiger partial charge in [-0.25, -0.2) is 4.98 Å². The predicted molar refractivity (Wildman–Crippen MR) is 89.7 cm³/mol. The first-order valence-electron chi connectivity index (χ1n) is 7.64. The molecule has 0 unspecified atom stereocenters. The molecule has 1 aromatic rings. The van der Waals surface area contributed by atoms with Crippen molar-refractivity contribution < 1.29 is 5.11 Å². The second kappa shape index (κ2) is 8.06. The third-order valence-corrected chi connectivity index (χ3v) is 4.36. The molecule has 1 aliphatic carbocycles. The zero-order valence-corrected chi connectivity index (χ0v) is 13.9. The minimum atomic E-state index is 0.176. The van der Waals surface area contributed by atoms with E-state index in [1.807, 2.05) is 0 Å². The Kier molecular flexibility index (Phi) is 6.40. The van der Waals surface area contributed by atoms with Gasteiger partial charge in [-0.1, -0.05) is 30.1 Å². The zero-order valence-electron chi connectivity index (χ0n) is 12.4. The Morgan fingerprint density at radius 1 is 1.38 bits per heavy atom. The monoisotopic (exact) mass is 331 g/mol. The number of hydrogen-bond donors (Lipinski definition) is 2.